The Kier molecular flexibility index (Phi) is 8.92. The molecule has 1 aromatic heterocycles. The van der Waals surface area contributed by atoms with Crippen LogP contribution in [0.2, 0.25) is 15.1 Å². The molecule has 6 nitrogen and oxygen atoms in total. The summed E-state index contributed by atoms with van der Waals surface area (Å²) >= 11 is 21.6. The van der Waals surface area contributed by atoms with Crippen molar-refractivity contribution >= 4 is 52.4 Å². The van der Waals surface area contributed by atoms with Gasteiger partial charge in [-0.2, -0.15) is 5.10 Å². The highest BCUT2D eigenvalue weighted by Gasteiger charge is 2.39. The smallest absolute Gasteiger partial charge is 0.129 e. The molecule has 0 amide bonds. The summed E-state index contributed by atoms with van der Waals surface area (Å²) in [5, 5.41) is 19.5. The first-order valence-electron chi connectivity index (χ1n) is 11.3. The van der Waals surface area contributed by atoms with Gasteiger partial charge in [0.2, 0.25) is 0 Å². The number of aromatic nitrogens is 2. The van der Waals surface area contributed by atoms with Crippen molar-refractivity contribution in [1.29, 1.82) is 0 Å². The van der Waals surface area contributed by atoms with Gasteiger partial charge in [-0.25, -0.2) is 0 Å². The molecule has 3 aromatic rings. The molecular weight excluding hydrogens is 527 g/mol. The van der Waals surface area contributed by atoms with Crippen LogP contribution in [0, 0.1) is 0 Å². The van der Waals surface area contributed by atoms with Crippen LogP contribution in [-0.4, -0.2) is 66.4 Å². The number of aliphatic hydroxyl groups is 1. The number of nitrogens with zero attached hydrogens (tertiary/aromatic N) is 3. The Balaban J connectivity index is 1.93. The van der Waals surface area contributed by atoms with Gasteiger partial charge in [0.25, 0.3) is 0 Å². The average Bonchev–Trinajstić information content (AvgIpc) is 3.25. The van der Waals surface area contributed by atoms with Crippen molar-refractivity contribution in [1.82, 2.24) is 15.1 Å². The molecule has 0 fully saturated rings. The number of ether oxygens (including phenoxy) is 1. The van der Waals surface area contributed by atoms with Crippen LogP contribution in [0.3, 0.4) is 0 Å². The first kappa shape index (κ1) is 26.6. The summed E-state index contributed by atoms with van der Waals surface area (Å²) in [6.07, 6.45) is 2.80. The van der Waals surface area contributed by atoms with Crippen molar-refractivity contribution < 1.29 is 9.84 Å². The minimum absolute atomic E-state index is 0.0175. The molecule has 0 radical (unpaired) electrons. The molecule has 2 atom stereocenters. The maximum atomic E-state index is 9.31. The van der Waals surface area contributed by atoms with Gasteiger partial charge in [0.05, 0.1) is 25.9 Å². The topological polar surface area (TPSA) is 64.6 Å². The monoisotopic (exact) mass is 554 g/mol. The van der Waals surface area contributed by atoms with E-state index in [9.17, 15) is 5.11 Å². The molecule has 0 spiro atoms. The molecule has 2 N–H and O–H groups in total. The lowest BCUT2D eigenvalue weighted by Gasteiger charge is -2.43. The van der Waals surface area contributed by atoms with Crippen molar-refractivity contribution in [3.05, 3.63) is 73.7 Å². The molecule has 4 rings (SSSR count). The number of aliphatic hydroxyl groups excluding tert-OH is 1. The number of rotatable bonds is 9. The Morgan fingerprint density at radius 1 is 1.17 bits per heavy atom. The number of hydrogen-bond donors (Lipinski definition) is 2. The van der Waals surface area contributed by atoms with E-state index in [1.54, 1.807) is 23.9 Å². The summed E-state index contributed by atoms with van der Waals surface area (Å²) in [7, 11) is 3.97. The Hall–Kier alpha value is -1.45. The third-order valence-electron chi connectivity index (χ3n) is 6.25. The summed E-state index contributed by atoms with van der Waals surface area (Å²) in [5.74, 6) is 0.885. The molecule has 1 aliphatic rings. The molecule has 0 bridgehead atoms. The third kappa shape index (κ3) is 5.62. The number of nitrogens with one attached hydrogen (secondary N) is 1. The molecule has 2 unspecified atom stereocenters. The quantitative estimate of drug-likeness (QED) is 0.261. The van der Waals surface area contributed by atoms with Crippen LogP contribution >= 0.6 is 46.6 Å². The summed E-state index contributed by atoms with van der Waals surface area (Å²) in [5.41, 5.74) is 4.32. The van der Waals surface area contributed by atoms with E-state index in [1.165, 1.54) is 11.1 Å². The van der Waals surface area contributed by atoms with Crippen LogP contribution in [-0.2, 0) is 17.7 Å². The standard InChI is InChI=1S/C25H29Cl3N4O2S/c1-31(2)24-22(25(35-3)30-29-24)23(21-19(27)11-17(26)12-20(21)28)32-13-16-7-5-4-6-15(16)10-18(32)14-34-9-8-33/h4-7,11-12,18,23,33H,8-10,13-14H2,1-3H3,(H,29,30). The molecule has 35 heavy (non-hydrogen) atoms. The van der Waals surface area contributed by atoms with Crippen molar-refractivity contribution in [2.75, 3.05) is 45.1 Å². The summed E-state index contributed by atoms with van der Waals surface area (Å²) < 4.78 is 5.87. The van der Waals surface area contributed by atoms with Crippen LogP contribution in [0.4, 0.5) is 5.82 Å². The lowest BCUT2D eigenvalue weighted by molar-refractivity contribution is 0.0207. The normalized spacial score (nSPS) is 16.8. The van der Waals surface area contributed by atoms with Crippen molar-refractivity contribution in [2.45, 2.75) is 30.1 Å². The fourth-order valence-electron chi connectivity index (χ4n) is 4.71. The second-order valence-corrected chi connectivity index (χ2v) is 10.7. The minimum Gasteiger partial charge on any atom is -0.394 e. The highest BCUT2D eigenvalue weighted by molar-refractivity contribution is 7.98. The summed E-state index contributed by atoms with van der Waals surface area (Å²) in [6, 6.07) is 11.6. The number of thioether (sulfide) groups is 1. The number of aromatic amines is 1. The van der Waals surface area contributed by atoms with Crippen molar-refractivity contribution in [3.63, 3.8) is 0 Å². The van der Waals surface area contributed by atoms with E-state index in [4.69, 9.17) is 39.5 Å². The van der Waals surface area contributed by atoms with E-state index in [0.29, 0.717) is 28.2 Å². The van der Waals surface area contributed by atoms with Crippen LogP contribution < -0.4 is 4.90 Å². The Labute approximate surface area is 225 Å². The lowest BCUT2D eigenvalue weighted by atomic mass is 9.89. The van der Waals surface area contributed by atoms with Crippen LogP contribution in [0.25, 0.3) is 0 Å². The zero-order valence-electron chi connectivity index (χ0n) is 19.9. The van der Waals surface area contributed by atoms with Crippen LogP contribution in [0.1, 0.15) is 28.3 Å². The molecule has 0 aliphatic carbocycles. The van der Waals surface area contributed by atoms with E-state index in [0.717, 1.165) is 28.4 Å². The van der Waals surface area contributed by atoms with Gasteiger partial charge in [0.15, 0.2) is 0 Å². The van der Waals surface area contributed by atoms with Gasteiger partial charge in [0, 0.05) is 52.9 Å². The second kappa shape index (κ2) is 11.7. The average molecular weight is 556 g/mol. The molecule has 188 valence electrons. The Morgan fingerprint density at radius 3 is 2.49 bits per heavy atom. The van der Waals surface area contributed by atoms with E-state index >= 15 is 0 Å². The molecule has 2 heterocycles. The van der Waals surface area contributed by atoms with Crippen LogP contribution in [0.5, 0.6) is 0 Å². The molecule has 1 aliphatic heterocycles. The number of fused-ring (bicyclic) bond motifs is 1. The zero-order chi connectivity index (χ0) is 25.1. The Bertz CT molecular complexity index is 1150. The SMILES string of the molecule is CSc1n[nH]c(N(C)C)c1C(c1c(Cl)cc(Cl)cc1Cl)N1Cc2ccccc2CC1COCCO. The molecule has 10 heteroatoms. The number of benzene rings is 2. The highest BCUT2D eigenvalue weighted by atomic mass is 35.5. The number of H-pyrrole nitrogens is 1. The summed E-state index contributed by atoms with van der Waals surface area (Å²) in [6.45, 7) is 1.39. The summed E-state index contributed by atoms with van der Waals surface area (Å²) in [4.78, 5) is 4.40. The van der Waals surface area contributed by atoms with Crippen LogP contribution in [0.15, 0.2) is 41.4 Å². The van der Waals surface area contributed by atoms with Crippen molar-refractivity contribution in [2.24, 2.45) is 0 Å². The van der Waals surface area contributed by atoms with Gasteiger partial charge in [-0.05, 0) is 35.9 Å². The van der Waals surface area contributed by atoms with Gasteiger partial charge < -0.3 is 14.7 Å². The fourth-order valence-corrected chi connectivity index (χ4v) is 6.30. The second-order valence-electron chi connectivity index (χ2n) is 8.67. The molecule has 2 aromatic carbocycles. The number of hydrogen-bond acceptors (Lipinski definition) is 6. The van der Waals surface area contributed by atoms with E-state index in [-0.39, 0.29) is 25.3 Å². The predicted molar refractivity (Wildman–Crippen MR) is 145 cm³/mol. The first-order valence-corrected chi connectivity index (χ1v) is 13.7. The number of anilines is 1. The molecule has 0 saturated heterocycles. The third-order valence-corrected chi connectivity index (χ3v) is 7.80. The van der Waals surface area contributed by atoms with E-state index < -0.39 is 0 Å². The Morgan fingerprint density at radius 2 is 1.86 bits per heavy atom. The van der Waals surface area contributed by atoms with Gasteiger partial charge in [-0.3, -0.25) is 10.00 Å². The first-order chi connectivity index (χ1) is 16.8. The van der Waals surface area contributed by atoms with Crippen molar-refractivity contribution in [3.8, 4) is 0 Å². The number of halogens is 3. The zero-order valence-corrected chi connectivity index (χ0v) is 23.0. The predicted octanol–water partition coefficient (Wildman–Crippen LogP) is 5.68. The fraction of sp³-hybridized carbons (Fsp3) is 0.400. The maximum Gasteiger partial charge on any atom is 0.129 e. The minimum atomic E-state index is -0.318. The van der Waals surface area contributed by atoms with Gasteiger partial charge in [-0.1, -0.05) is 59.1 Å². The van der Waals surface area contributed by atoms with E-state index in [2.05, 4.69) is 39.4 Å². The lowest BCUT2D eigenvalue weighted by Crippen LogP contribution is -2.46. The maximum absolute atomic E-state index is 9.31. The van der Waals surface area contributed by atoms with Gasteiger partial charge >= 0.3 is 0 Å². The highest BCUT2D eigenvalue weighted by Crippen LogP contribution is 2.47. The van der Waals surface area contributed by atoms with Gasteiger partial charge in [-0.15, -0.1) is 11.8 Å². The molecular formula is C25H29Cl3N4O2S. The van der Waals surface area contributed by atoms with E-state index in [1.807, 2.05) is 25.3 Å². The molecule has 0 saturated carbocycles. The van der Waals surface area contributed by atoms with Gasteiger partial charge in [0.1, 0.15) is 10.8 Å². The largest absolute Gasteiger partial charge is 0.394 e.